The third kappa shape index (κ3) is 3.54. The molecule has 20 heavy (non-hydrogen) atoms. The zero-order chi connectivity index (χ0) is 14.5. The average molecular weight is 279 g/mol. The van der Waals surface area contributed by atoms with Gasteiger partial charge in [0.15, 0.2) is 0 Å². The Morgan fingerprint density at radius 2 is 2.05 bits per heavy atom. The van der Waals surface area contributed by atoms with Crippen LogP contribution in [0.1, 0.15) is 11.4 Å². The predicted molar refractivity (Wildman–Crippen MR) is 73.2 cm³/mol. The van der Waals surface area contributed by atoms with Gasteiger partial charge in [-0.15, -0.1) is 0 Å². The zero-order valence-corrected chi connectivity index (χ0v) is 11.6. The van der Waals surface area contributed by atoms with Crippen LogP contribution in [0.4, 0.5) is 4.39 Å². The Kier molecular flexibility index (Phi) is 4.68. The van der Waals surface area contributed by atoms with Crippen LogP contribution < -0.4 is 5.69 Å². The van der Waals surface area contributed by atoms with Crippen molar-refractivity contribution < 1.29 is 9.13 Å². The van der Waals surface area contributed by atoms with E-state index in [9.17, 15) is 9.18 Å². The molecule has 6 heteroatoms. The predicted octanol–water partition coefficient (Wildman–Crippen LogP) is 1.45. The van der Waals surface area contributed by atoms with Crippen molar-refractivity contribution in [1.29, 1.82) is 0 Å². The number of halogens is 1. The van der Waals surface area contributed by atoms with Gasteiger partial charge in [-0.1, -0.05) is 30.3 Å². The highest BCUT2D eigenvalue weighted by Crippen LogP contribution is 2.03. The molecule has 5 nitrogen and oxygen atoms in total. The molecule has 0 bridgehead atoms. The summed E-state index contributed by atoms with van der Waals surface area (Å²) in [6.45, 7) is 1.92. The molecule has 1 aromatic heterocycles. The summed E-state index contributed by atoms with van der Waals surface area (Å²) in [4.78, 5) is 11.7. The summed E-state index contributed by atoms with van der Waals surface area (Å²) in [5.74, 6) is 0.562. The van der Waals surface area contributed by atoms with Gasteiger partial charge in [-0.2, -0.15) is 5.10 Å². The van der Waals surface area contributed by atoms with Gasteiger partial charge < -0.3 is 4.74 Å². The number of aryl methyl sites for hydroxylation is 1. The van der Waals surface area contributed by atoms with E-state index in [1.165, 1.54) is 4.57 Å². The summed E-state index contributed by atoms with van der Waals surface area (Å²) in [5.41, 5.74) is 0.679. The van der Waals surface area contributed by atoms with Crippen molar-refractivity contribution in [2.45, 2.75) is 26.2 Å². The Morgan fingerprint density at radius 1 is 1.35 bits per heavy atom. The van der Waals surface area contributed by atoms with E-state index < -0.39 is 6.17 Å². The Hall–Kier alpha value is -1.95. The number of hydrogen-bond acceptors (Lipinski definition) is 3. The number of ether oxygens (including phenoxy) is 1. The Bertz CT molecular complexity index is 607. The number of rotatable bonds is 6. The van der Waals surface area contributed by atoms with Crippen LogP contribution in [-0.4, -0.2) is 27.1 Å². The van der Waals surface area contributed by atoms with Crippen LogP contribution in [0.15, 0.2) is 35.1 Å². The van der Waals surface area contributed by atoms with Gasteiger partial charge in [0.05, 0.1) is 19.8 Å². The second kappa shape index (κ2) is 6.47. The minimum atomic E-state index is -1.26. The van der Waals surface area contributed by atoms with Crippen molar-refractivity contribution in [3.63, 3.8) is 0 Å². The topological polar surface area (TPSA) is 49.1 Å². The van der Waals surface area contributed by atoms with E-state index in [-0.39, 0.29) is 18.8 Å². The lowest BCUT2D eigenvalue weighted by molar-refractivity contribution is 0.0611. The second-order valence-corrected chi connectivity index (χ2v) is 4.67. The fourth-order valence-electron chi connectivity index (χ4n) is 1.83. The molecule has 1 atom stereocenters. The van der Waals surface area contributed by atoms with E-state index in [1.807, 2.05) is 30.3 Å². The van der Waals surface area contributed by atoms with Crippen molar-refractivity contribution in [1.82, 2.24) is 14.3 Å². The fraction of sp³-hybridized carbons (Fsp3) is 0.429. The number of hydrogen-bond donors (Lipinski definition) is 0. The van der Waals surface area contributed by atoms with Gasteiger partial charge in [0, 0.05) is 7.05 Å². The summed E-state index contributed by atoms with van der Waals surface area (Å²) in [6, 6.07) is 9.56. The minimum absolute atomic E-state index is 0.0586. The molecule has 2 rings (SSSR count). The van der Waals surface area contributed by atoms with E-state index >= 15 is 0 Å². The van der Waals surface area contributed by atoms with Gasteiger partial charge in [0.1, 0.15) is 12.0 Å². The number of aromatic nitrogens is 3. The first-order chi connectivity index (χ1) is 9.58. The van der Waals surface area contributed by atoms with E-state index in [0.29, 0.717) is 12.4 Å². The molecular weight excluding hydrogens is 261 g/mol. The molecule has 1 aromatic carbocycles. The number of nitrogens with zero attached hydrogens (tertiary/aromatic N) is 3. The zero-order valence-electron chi connectivity index (χ0n) is 11.6. The highest BCUT2D eigenvalue weighted by atomic mass is 19.1. The van der Waals surface area contributed by atoms with Crippen molar-refractivity contribution in [2.24, 2.45) is 7.05 Å². The van der Waals surface area contributed by atoms with Gasteiger partial charge in [0.25, 0.3) is 0 Å². The SMILES string of the molecule is Cc1nn(C[C@H](F)COCc2ccccc2)c(=O)n1C. The molecule has 0 saturated carbocycles. The van der Waals surface area contributed by atoms with Crippen molar-refractivity contribution in [2.75, 3.05) is 6.61 Å². The number of benzene rings is 1. The quantitative estimate of drug-likeness (QED) is 0.804. The molecule has 0 aliphatic carbocycles. The largest absolute Gasteiger partial charge is 0.374 e. The first-order valence-electron chi connectivity index (χ1n) is 6.44. The summed E-state index contributed by atoms with van der Waals surface area (Å²) in [7, 11) is 1.61. The first kappa shape index (κ1) is 14.5. The smallest absolute Gasteiger partial charge is 0.345 e. The molecule has 108 valence electrons. The van der Waals surface area contributed by atoms with Gasteiger partial charge in [0.2, 0.25) is 0 Å². The summed E-state index contributed by atoms with van der Waals surface area (Å²) in [5, 5.41) is 3.99. The third-order valence-corrected chi connectivity index (χ3v) is 3.04. The molecule has 0 aliphatic heterocycles. The molecule has 0 N–H and O–H groups in total. The lowest BCUT2D eigenvalue weighted by Crippen LogP contribution is -2.28. The maximum absolute atomic E-state index is 13.8. The maximum atomic E-state index is 13.8. The van der Waals surface area contributed by atoms with Gasteiger partial charge >= 0.3 is 5.69 Å². The molecular formula is C14H18FN3O2. The highest BCUT2D eigenvalue weighted by Gasteiger charge is 2.13. The van der Waals surface area contributed by atoms with Gasteiger partial charge in [-0.25, -0.2) is 13.9 Å². The molecule has 0 saturated heterocycles. The van der Waals surface area contributed by atoms with Crippen LogP contribution in [0.2, 0.25) is 0 Å². The highest BCUT2D eigenvalue weighted by molar-refractivity contribution is 5.13. The van der Waals surface area contributed by atoms with Crippen molar-refractivity contribution in [3.05, 3.63) is 52.2 Å². The molecule has 0 aliphatic rings. The molecule has 0 radical (unpaired) electrons. The van der Waals surface area contributed by atoms with Crippen molar-refractivity contribution >= 4 is 0 Å². The third-order valence-electron chi connectivity index (χ3n) is 3.04. The summed E-state index contributed by atoms with van der Waals surface area (Å²) < 4.78 is 21.6. The molecule has 0 unspecified atom stereocenters. The standard InChI is InChI=1S/C14H18FN3O2/c1-11-16-18(14(19)17(11)2)8-13(15)10-20-9-12-6-4-3-5-7-12/h3-7,13H,8-10H2,1-2H3/t13-/m0/s1. The van der Waals surface area contributed by atoms with E-state index in [4.69, 9.17) is 4.74 Å². The maximum Gasteiger partial charge on any atom is 0.345 e. The van der Waals surface area contributed by atoms with Crippen LogP contribution >= 0.6 is 0 Å². The monoisotopic (exact) mass is 279 g/mol. The van der Waals surface area contributed by atoms with Crippen LogP contribution in [0.5, 0.6) is 0 Å². The summed E-state index contributed by atoms with van der Waals surface area (Å²) in [6.07, 6.45) is -1.26. The first-order valence-corrected chi connectivity index (χ1v) is 6.44. The Balaban J connectivity index is 1.82. The fourth-order valence-corrected chi connectivity index (χ4v) is 1.83. The van der Waals surface area contributed by atoms with Crippen molar-refractivity contribution in [3.8, 4) is 0 Å². The average Bonchev–Trinajstić information content (AvgIpc) is 2.67. The van der Waals surface area contributed by atoms with Gasteiger partial charge in [-0.3, -0.25) is 4.57 Å². The van der Waals surface area contributed by atoms with Crippen LogP contribution in [0.25, 0.3) is 0 Å². The number of alkyl halides is 1. The molecule has 0 spiro atoms. The Labute approximate surface area is 116 Å². The Morgan fingerprint density at radius 3 is 2.65 bits per heavy atom. The normalized spacial score (nSPS) is 12.6. The van der Waals surface area contributed by atoms with E-state index in [1.54, 1.807) is 14.0 Å². The second-order valence-electron chi connectivity index (χ2n) is 4.67. The van der Waals surface area contributed by atoms with E-state index in [2.05, 4.69) is 5.10 Å². The van der Waals surface area contributed by atoms with Crippen LogP contribution in [0, 0.1) is 6.92 Å². The molecule has 0 fully saturated rings. The molecule has 0 amide bonds. The lowest BCUT2D eigenvalue weighted by atomic mass is 10.2. The van der Waals surface area contributed by atoms with Gasteiger partial charge in [-0.05, 0) is 12.5 Å². The van der Waals surface area contributed by atoms with E-state index in [0.717, 1.165) is 10.2 Å². The van der Waals surface area contributed by atoms with Crippen LogP contribution in [-0.2, 0) is 24.9 Å². The molecule has 1 heterocycles. The van der Waals surface area contributed by atoms with Crippen LogP contribution in [0.3, 0.4) is 0 Å². The lowest BCUT2D eigenvalue weighted by Gasteiger charge is -2.08. The minimum Gasteiger partial charge on any atom is -0.374 e. The summed E-state index contributed by atoms with van der Waals surface area (Å²) >= 11 is 0. The molecule has 2 aromatic rings.